The molecule has 0 radical (unpaired) electrons. The van der Waals surface area contributed by atoms with E-state index < -0.39 is 0 Å². The SMILES string of the molecule is CC(C#N)/C=C(\C(=C/CC#N)n1c2ccccc2c2c3sc4c(c3ccc21)CCC=C4)n1c2ccccc2c2c3sc4ccccc4c3ccc21. The van der Waals surface area contributed by atoms with Gasteiger partial charge in [0.15, 0.2) is 0 Å². The molecule has 4 aromatic heterocycles. The maximum Gasteiger partial charge on any atom is 0.0695 e. The van der Waals surface area contributed by atoms with E-state index in [1.54, 1.807) is 0 Å². The Morgan fingerprint density at radius 3 is 2.04 bits per heavy atom. The van der Waals surface area contributed by atoms with E-state index >= 15 is 0 Å². The van der Waals surface area contributed by atoms with Crippen LogP contribution in [0.25, 0.3) is 91.3 Å². The van der Waals surface area contributed by atoms with Crippen molar-refractivity contribution in [2.75, 3.05) is 0 Å². The first-order valence-electron chi connectivity index (χ1n) is 17.3. The Hall–Kier alpha value is -5.92. The number of para-hydroxylation sites is 2. The second kappa shape index (κ2) is 11.6. The molecule has 1 unspecified atom stereocenters. The zero-order valence-electron chi connectivity index (χ0n) is 27.9. The van der Waals surface area contributed by atoms with Gasteiger partial charge in [-0.1, -0.05) is 72.8 Å². The Labute approximate surface area is 302 Å². The van der Waals surface area contributed by atoms with Crippen molar-refractivity contribution in [1.82, 2.24) is 9.13 Å². The van der Waals surface area contributed by atoms with Gasteiger partial charge in [-0.05, 0) is 79.3 Å². The topological polar surface area (TPSA) is 57.4 Å². The van der Waals surface area contributed by atoms with E-state index in [-0.39, 0.29) is 12.3 Å². The summed E-state index contributed by atoms with van der Waals surface area (Å²) in [5, 5.41) is 29.0. The number of aryl methyl sites for hydroxylation is 1. The maximum absolute atomic E-state index is 10.3. The minimum atomic E-state index is -0.384. The lowest BCUT2D eigenvalue weighted by atomic mass is 10.00. The predicted octanol–water partition coefficient (Wildman–Crippen LogP) is 12.9. The lowest BCUT2D eigenvalue weighted by Gasteiger charge is -2.20. The minimum absolute atomic E-state index is 0.222. The third-order valence-electron chi connectivity index (χ3n) is 10.4. The number of thiophene rings is 2. The van der Waals surface area contributed by atoms with Crippen LogP contribution in [0.5, 0.6) is 0 Å². The third kappa shape index (κ3) is 4.34. The van der Waals surface area contributed by atoms with Gasteiger partial charge >= 0.3 is 0 Å². The van der Waals surface area contributed by atoms with Gasteiger partial charge in [-0.25, -0.2) is 0 Å². The zero-order valence-corrected chi connectivity index (χ0v) is 29.5. The summed E-state index contributed by atoms with van der Waals surface area (Å²) in [6.45, 7) is 1.94. The molecular formula is C45H30N4S2. The molecule has 10 rings (SSSR count). The molecule has 6 heteroatoms. The van der Waals surface area contributed by atoms with Crippen LogP contribution in [0.1, 0.15) is 30.2 Å². The first-order valence-corrected chi connectivity index (χ1v) is 19.0. The van der Waals surface area contributed by atoms with Crippen LogP contribution in [0.2, 0.25) is 0 Å². The third-order valence-corrected chi connectivity index (χ3v) is 12.8. The second-order valence-electron chi connectivity index (χ2n) is 13.3. The highest BCUT2D eigenvalue weighted by atomic mass is 32.1. The standard InChI is InChI=1S/C45H30N4S2/c1-27(26-47)25-39(49-35-16-7-3-14-33(35)43-38(49)23-21-31-29-12-5-9-19-41(29)51-45(31)43)36(17-10-24-46)48-34-15-6-2-13-32(34)42-37(48)22-20-30-28-11-4-8-18-40(28)50-44(30)42/h2-3,5-9,12-23,25,27H,4,10-11H2,1H3/b36-17+,39-25+. The Balaban J connectivity index is 1.34. The van der Waals surface area contributed by atoms with Crippen molar-refractivity contribution in [2.24, 2.45) is 5.92 Å². The van der Waals surface area contributed by atoms with Crippen LogP contribution in [-0.4, -0.2) is 9.13 Å². The Kier molecular flexibility index (Phi) is 6.80. The quantitative estimate of drug-likeness (QED) is 0.169. The van der Waals surface area contributed by atoms with Gasteiger partial charge in [0.2, 0.25) is 0 Å². The van der Waals surface area contributed by atoms with Gasteiger partial charge in [-0.2, -0.15) is 10.5 Å². The monoisotopic (exact) mass is 690 g/mol. The van der Waals surface area contributed by atoms with Crippen LogP contribution >= 0.6 is 22.7 Å². The van der Waals surface area contributed by atoms with Crippen LogP contribution in [0, 0.1) is 28.6 Å². The van der Waals surface area contributed by atoms with Gasteiger partial charge in [0.25, 0.3) is 0 Å². The summed E-state index contributed by atoms with van der Waals surface area (Å²) in [4.78, 5) is 1.35. The molecule has 51 heavy (non-hydrogen) atoms. The lowest BCUT2D eigenvalue weighted by Crippen LogP contribution is -2.08. The number of allylic oxidation sites excluding steroid dienone is 5. The number of aromatic nitrogens is 2. The highest BCUT2D eigenvalue weighted by molar-refractivity contribution is 7.26. The van der Waals surface area contributed by atoms with Crippen LogP contribution in [0.15, 0.2) is 115 Å². The van der Waals surface area contributed by atoms with Crippen LogP contribution < -0.4 is 0 Å². The van der Waals surface area contributed by atoms with Crippen molar-refractivity contribution in [2.45, 2.75) is 26.2 Å². The Morgan fingerprint density at radius 1 is 0.706 bits per heavy atom. The van der Waals surface area contributed by atoms with Crippen molar-refractivity contribution >= 4 is 114 Å². The number of nitrogens with zero attached hydrogens (tertiary/aromatic N) is 4. The predicted molar refractivity (Wildman–Crippen MR) is 218 cm³/mol. The number of nitriles is 2. The lowest BCUT2D eigenvalue weighted by molar-refractivity contribution is 0.948. The summed E-state index contributed by atoms with van der Waals surface area (Å²) < 4.78 is 8.50. The van der Waals surface area contributed by atoms with E-state index in [4.69, 9.17) is 0 Å². The van der Waals surface area contributed by atoms with E-state index in [9.17, 15) is 10.5 Å². The molecule has 1 aliphatic carbocycles. The van der Waals surface area contributed by atoms with E-state index in [0.717, 1.165) is 46.3 Å². The van der Waals surface area contributed by atoms with Crippen molar-refractivity contribution in [3.05, 3.63) is 126 Å². The fourth-order valence-electron chi connectivity index (χ4n) is 8.24. The molecule has 4 heterocycles. The maximum atomic E-state index is 10.3. The summed E-state index contributed by atoms with van der Waals surface area (Å²) in [6.07, 6.45) is 11.0. The smallest absolute Gasteiger partial charge is 0.0695 e. The second-order valence-corrected chi connectivity index (χ2v) is 15.4. The van der Waals surface area contributed by atoms with Crippen molar-refractivity contribution in [3.8, 4) is 12.1 Å². The Bertz CT molecular complexity index is 3110. The number of hydrogen-bond donors (Lipinski definition) is 0. The molecule has 0 aliphatic heterocycles. The van der Waals surface area contributed by atoms with Crippen LogP contribution in [0.4, 0.5) is 0 Å². The molecule has 0 saturated carbocycles. The van der Waals surface area contributed by atoms with E-state index in [2.05, 4.69) is 137 Å². The van der Waals surface area contributed by atoms with Crippen molar-refractivity contribution < 1.29 is 0 Å². The average molecular weight is 691 g/mol. The number of rotatable bonds is 5. The molecule has 1 atom stereocenters. The molecule has 0 bridgehead atoms. The summed E-state index contributed by atoms with van der Waals surface area (Å²) in [5.74, 6) is -0.384. The largest absolute Gasteiger partial charge is 0.307 e. The highest BCUT2D eigenvalue weighted by Gasteiger charge is 2.25. The first kappa shape index (κ1) is 29.9. The molecule has 9 aromatic rings. The molecule has 0 amide bonds. The fourth-order valence-corrected chi connectivity index (χ4v) is 10.8. The molecule has 0 fully saturated rings. The van der Waals surface area contributed by atoms with Gasteiger partial charge in [0.1, 0.15) is 0 Å². The average Bonchev–Trinajstić information content (AvgIpc) is 3.92. The number of fused-ring (bicyclic) bond motifs is 14. The molecule has 0 saturated heterocycles. The zero-order chi connectivity index (χ0) is 34.2. The van der Waals surface area contributed by atoms with Gasteiger partial charge in [0.05, 0.1) is 57.9 Å². The van der Waals surface area contributed by atoms with Crippen LogP contribution in [-0.2, 0) is 6.42 Å². The molecule has 242 valence electrons. The number of benzene rings is 5. The molecule has 4 nitrogen and oxygen atoms in total. The van der Waals surface area contributed by atoms with Gasteiger partial charge in [0, 0.05) is 51.3 Å². The fraction of sp³-hybridized carbons (Fsp3) is 0.111. The van der Waals surface area contributed by atoms with Crippen LogP contribution in [0.3, 0.4) is 0 Å². The van der Waals surface area contributed by atoms with E-state index in [1.165, 1.54) is 62.2 Å². The van der Waals surface area contributed by atoms with Gasteiger partial charge in [-0.3, -0.25) is 0 Å². The molecule has 1 aliphatic rings. The first-order chi connectivity index (χ1) is 25.2. The Morgan fingerprint density at radius 2 is 1.33 bits per heavy atom. The van der Waals surface area contributed by atoms with Crippen molar-refractivity contribution in [1.29, 1.82) is 10.5 Å². The molecule has 5 aromatic carbocycles. The summed E-state index contributed by atoms with van der Waals surface area (Å²) in [6, 6.07) is 39.8. The highest BCUT2D eigenvalue weighted by Crippen LogP contribution is 2.47. The van der Waals surface area contributed by atoms with Gasteiger partial charge in [-0.15, -0.1) is 22.7 Å². The molecular weight excluding hydrogens is 661 g/mol. The van der Waals surface area contributed by atoms with Crippen molar-refractivity contribution in [3.63, 3.8) is 0 Å². The summed E-state index contributed by atoms with van der Waals surface area (Å²) >= 11 is 3.71. The number of hydrogen-bond acceptors (Lipinski definition) is 4. The minimum Gasteiger partial charge on any atom is -0.307 e. The normalized spacial score (nSPS) is 14.3. The van der Waals surface area contributed by atoms with E-state index in [0.29, 0.717) is 0 Å². The van der Waals surface area contributed by atoms with Gasteiger partial charge < -0.3 is 9.13 Å². The van der Waals surface area contributed by atoms with E-state index in [1.807, 2.05) is 35.7 Å². The molecule has 0 N–H and O–H groups in total. The summed E-state index contributed by atoms with van der Waals surface area (Å²) in [5.41, 5.74) is 7.55. The molecule has 0 spiro atoms. The summed E-state index contributed by atoms with van der Waals surface area (Å²) in [7, 11) is 0.